The highest BCUT2D eigenvalue weighted by molar-refractivity contribution is 7.92. The van der Waals surface area contributed by atoms with Gasteiger partial charge in [0.25, 0.3) is 10.0 Å². The molecule has 1 aromatic carbocycles. The summed E-state index contributed by atoms with van der Waals surface area (Å²) in [5.41, 5.74) is 0.0205. The smallest absolute Gasteiger partial charge is 0.338 e. The minimum Gasteiger partial charge on any atom is -0.478 e. The molecule has 3 N–H and O–H groups in total. The normalized spacial score (nSPS) is 11.3. The van der Waals surface area contributed by atoms with Crippen LogP contribution in [0.2, 0.25) is 0 Å². The summed E-state index contributed by atoms with van der Waals surface area (Å²) >= 11 is 0. The summed E-state index contributed by atoms with van der Waals surface area (Å²) in [6, 6.07) is 4.05. The first-order valence-electron chi connectivity index (χ1n) is 5.93. The molecule has 1 aromatic heterocycles. The molecule has 0 saturated carbocycles. The number of carboxylic acids is 1. The second-order valence-electron chi connectivity index (χ2n) is 4.18. The molecule has 0 unspecified atom stereocenters. The fourth-order valence-corrected chi connectivity index (χ4v) is 2.64. The molecular formula is C12H12FN3O4S. The zero-order chi connectivity index (χ0) is 15.6. The fourth-order valence-electron chi connectivity index (χ4n) is 1.63. The summed E-state index contributed by atoms with van der Waals surface area (Å²) in [5.74, 6) is -2.47. The molecule has 9 heteroatoms. The minimum absolute atomic E-state index is 0.0769. The number of carboxylic acid groups (broad SMARTS) is 1. The molecule has 2 aromatic rings. The van der Waals surface area contributed by atoms with Gasteiger partial charge in [-0.3, -0.25) is 9.82 Å². The monoisotopic (exact) mass is 313 g/mol. The van der Waals surface area contributed by atoms with Crippen molar-refractivity contribution in [1.82, 2.24) is 10.2 Å². The van der Waals surface area contributed by atoms with Crippen LogP contribution >= 0.6 is 0 Å². The van der Waals surface area contributed by atoms with Crippen LogP contribution in [0.1, 0.15) is 23.0 Å². The van der Waals surface area contributed by atoms with E-state index >= 15 is 0 Å². The summed E-state index contributed by atoms with van der Waals surface area (Å²) in [5, 5.41) is 15.2. The van der Waals surface area contributed by atoms with Crippen molar-refractivity contribution in [3.8, 4) is 0 Å². The van der Waals surface area contributed by atoms with Crippen LogP contribution in [0, 0.1) is 5.82 Å². The van der Waals surface area contributed by atoms with Crippen LogP contribution < -0.4 is 4.72 Å². The first-order valence-corrected chi connectivity index (χ1v) is 7.41. The van der Waals surface area contributed by atoms with Crippen molar-refractivity contribution in [3.63, 3.8) is 0 Å². The molecule has 0 atom stereocenters. The van der Waals surface area contributed by atoms with Crippen molar-refractivity contribution in [1.29, 1.82) is 0 Å². The van der Waals surface area contributed by atoms with Gasteiger partial charge in [-0.15, -0.1) is 0 Å². The molecule has 0 aliphatic rings. The van der Waals surface area contributed by atoms with E-state index in [0.29, 0.717) is 6.42 Å². The van der Waals surface area contributed by atoms with Gasteiger partial charge in [0.1, 0.15) is 5.82 Å². The maximum atomic E-state index is 13.3. The Morgan fingerprint density at radius 1 is 1.43 bits per heavy atom. The molecule has 0 spiro atoms. The highest BCUT2D eigenvalue weighted by Crippen LogP contribution is 2.18. The van der Waals surface area contributed by atoms with Crippen molar-refractivity contribution < 1.29 is 22.7 Å². The molecule has 112 valence electrons. The number of hydrogen-bond acceptors (Lipinski definition) is 4. The van der Waals surface area contributed by atoms with E-state index in [1.807, 2.05) is 6.92 Å². The van der Waals surface area contributed by atoms with Gasteiger partial charge in [0.15, 0.2) is 5.82 Å². The molecule has 0 radical (unpaired) electrons. The van der Waals surface area contributed by atoms with Crippen LogP contribution in [0.5, 0.6) is 0 Å². The fraction of sp³-hybridized carbons (Fsp3) is 0.167. The van der Waals surface area contributed by atoms with Crippen molar-refractivity contribution in [2.45, 2.75) is 18.2 Å². The molecule has 7 nitrogen and oxygen atoms in total. The first-order chi connectivity index (χ1) is 9.83. The highest BCUT2D eigenvalue weighted by Gasteiger charge is 2.20. The van der Waals surface area contributed by atoms with Crippen molar-refractivity contribution in [2.75, 3.05) is 4.72 Å². The molecule has 2 rings (SSSR count). The SMILES string of the molecule is CCc1cc(NS(=O)(=O)c2ccc(F)c(C(=O)O)c2)n[nH]1. The highest BCUT2D eigenvalue weighted by atomic mass is 32.2. The quantitative estimate of drug-likeness (QED) is 0.776. The average molecular weight is 313 g/mol. The van der Waals surface area contributed by atoms with Crippen LogP contribution in [0.25, 0.3) is 0 Å². The third-order valence-electron chi connectivity index (χ3n) is 2.73. The Labute approximate surface area is 119 Å². The minimum atomic E-state index is -4.04. The largest absolute Gasteiger partial charge is 0.478 e. The van der Waals surface area contributed by atoms with Gasteiger partial charge in [-0.25, -0.2) is 17.6 Å². The second kappa shape index (κ2) is 5.52. The third-order valence-corrected chi connectivity index (χ3v) is 4.08. The maximum absolute atomic E-state index is 13.3. The van der Waals surface area contributed by atoms with Gasteiger partial charge in [-0.05, 0) is 24.6 Å². The number of aromatic carboxylic acids is 1. The Kier molecular flexibility index (Phi) is 3.94. The molecule has 0 aliphatic heterocycles. The van der Waals surface area contributed by atoms with Gasteiger partial charge in [0, 0.05) is 11.8 Å². The van der Waals surface area contributed by atoms with Crippen LogP contribution in [-0.4, -0.2) is 29.7 Å². The second-order valence-corrected chi connectivity index (χ2v) is 5.87. The molecule has 0 fully saturated rings. The zero-order valence-electron chi connectivity index (χ0n) is 10.9. The molecule has 0 amide bonds. The predicted molar refractivity (Wildman–Crippen MR) is 72.1 cm³/mol. The van der Waals surface area contributed by atoms with Gasteiger partial charge < -0.3 is 5.11 Å². The zero-order valence-corrected chi connectivity index (χ0v) is 11.7. The third kappa shape index (κ3) is 3.19. The summed E-state index contributed by atoms with van der Waals surface area (Å²) in [4.78, 5) is 10.5. The molecule has 0 saturated heterocycles. The van der Waals surface area contributed by atoms with Gasteiger partial charge in [0.05, 0.1) is 10.5 Å². The molecule has 1 heterocycles. The summed E-state index contributed by atoms with van der Waals surface area (Å²) < 4.78 is 39.7. The number of aryl methyl sites for hydroxylation is 1. The average Bonchev–Trinajstić information content (AvgIpc) is 2.85. The van der Waals surface area contributed by atoms with Crippen molar-refractivity contribution in [3.05, 3.63) is 41.3 Å². The van der Waals surface area contributed by atoms with Crippen LogP contribution in [0.4, 0.5) is 10.2 Å². The number of anilines is 1. The number of rotatable bonds is 5. The Morgan fingerprint density at radius 3 is 2.71 bits per heavy atom. The van der Waals surface area contributed by atoms with E-state index in [2.05, 4.69) is 14.9 Å². The van der Waals surface area contributed by atoms with Crippen molar-refractivity contribution >= 4 is 21.8 Å². The van der Waals surface area contributed by atoms with E-state index in [-0.39, 0.29) is 10.7 Å². The Bertz CT molecular complexity index is 786. The number of carbonyl (C=O) groups is 1. The van der Waals surface area contributed by atoms with E-state index in [0.717, 1.165) is 23.9 Å². The first kappa shape index (κ1) is 15.0. The lowest BCUT2D eigenvalue weighted by Crippen LogP contribution is -2.14. The number of benzene rings is 1. The van der Waals surface area contributed by atoms with Gasteiger partial charge in [0.2, 0.25) is 0 Å². The maximum Gasteiger partial charge on any atom is 0.338 e. The molecule has 0 bridgehead atoms. The Hall–Kier alpha value is -2.42. The van der Waals surface area contributed by atoms with Crippen molar-refractivity contribution in [2.24, 2.45) is 0 Å². The number of nitrogens with one attached hydrogen (secondary N) is 2. The van der Waals surface area contributed by atoms with Gasteiger partial charge in [-0.2, -0.15) is 5.10 Å². The molecule has 21 heavy (non-hydrogen) atoms. The summed E-state index contributed by atoms with van der Waals surface area (Å²) in [6.45, 7) is 1.87. The Balaban J connectivity index is 2.35. The number of halogens is 1. The standard InChI is InChI=1S/C12H12FN3O4S/c1-2-7-5-11(15-14-7)16-21(19,20)8-3-4-10(13)9(6-8)12(17)18/h3-6H,2H2,1H3,(H,17,18)(H2,14,15,16). The van der Waals surface area contributed by atoms with Gasteiger partial charge >= 0.3 is 5.97 Å². The number of nitrogens with zero attached hydrogens (tertiary/aromatic N) is 1. The summed E-state index contributed by atoms with van der Waals surface area (Å²) in [7, 11) is -4.04. The number of aromatic amines is 1. The number of hydrogen-bond donors (Lipinski definition) is 3. The predicted octanol–water partition coefficient (Wildman–Crippen LogP) is 1.61. The lowest BCUT2D eigenvalue weighted by molar-refractivity contribution is 0.0691. The lowest BCUT2D eigenvalue weighted by Gasteiger charge is -2.06. The molecular weight excluding hydrogens is 301 g/mol. The van der Waals surface area contributed by atoms with E-state index in [4.69, 9.17) is 5.11 Å². The molecule has 0 aliphatic carbocycles. The van der Waals surface area contributed by atoms with E-state index in [1.165, 1.54) is 6.07 Å². The van der Waals surface area contributed by atoms with Crippen LogP contribution in [0.3, 0.4) is 0 Å². The Morgan fingerprint density at radius 2 is 2.14 bits per heavy atom. The van der Waals surface area contributed by atoms with E-state index in [1.54, 1.807) is 0 Å². The van der Waals surface area contributed by atoms with E-state index < -0.39 is 27.4 Å². The number of aromatic nitrogens is 2. The van der Waals surface area contributed by atoms with E-state index in [9.17, 15) is 17.6 Å². The lowest BCUT2D eigenvalue weighted by atomic mass is 10.2. The number of sulfonamides is 1. The van der Waals surface area contributed by atoms with Crippen LogP contribution in [0.15, 0.2) is 29.2 Å². The van der Waals surface area contributed by atoms with Gasteiger partial charge in [-0.1, -0.05) is 6.92 Å². The summed E-state index contributed by atoms with van der Waals surface area (Å²) in [6.07, 6.45) is 0.647. The topological polar surface area (TPSA) is 112 Å². The number of H-pyrrole nitrogens is 1. The van der Waals surface area contributed by atoms with Crippen LogP contribution in [-0.2, 0) is 16.4 Å².